The summed E-state index contributed by atoms with van der Waals surface area (Å²) >= 11 is 6.98. The number of hydrogen-bond acceptors (Lipinski definition) is 2. The smallest absolute Gasteiger partial charge is 0.261 e. The van der Waals surface area contributed by atoms with Gasteiger partial charge in [-0.05, 0) is 78.7 Å². The summed E-state index contributed by atoms with van der Waals surface area (Å²) in [5.41, 5.74) is 4.65. The molecule has 1 heterocycles. The molecule has 0 saturated carbocycles. The zero-order chi connectivity index (χ0) is 21.7. The van der Waals surface area contributed by atoms with E-state index < -0.39 is 0 Å². The lowest BCUT2D eigenvalue weighted by molar-refractivity contribution is 0.102. The molecule has 29 heavy (non-hydrogen) atoms. The molecule has 1 amide bonds. The van der Waals surface area contributed by atoms with Crippen LogP contribution in [0.25, 0.3) is 0 Å². The SMILES string of the molecule is CCCCc1c(C(=O)Nc2c(CC)cc(Br)cc2CC)c(=O)c(Br)c(C)n1CC. The van der Waals surface area contributed by atoms with Crippen LogP contribution in [0.4, 0.5) is 5.69 Å². The van der Waals surface area contributed by atoms with Gasteiger partial charge in [0.05, 0.1) is 4.47 Å². The largest absolute Gasteiger partial charge is 0.347 e. The quantitative estimate of drug-likeness (QED) is 0.432. The van der Waals surface area contributed by atoms with Gasteiger partial charge in [-0.2, -0.15) is 0 Å². The van der Waals surface area contributed by atoms with Gasteiger partial charge in [-0.3, -0.25) is 9.59 Å². The molecule has 0 fully saturated rings. The van der Waals surface area contributed by atoms with Crippen LogP contribution in [0.1, 0.15) is 73.4 Å². The molecule has 2 rings (SSSR count). The van der Waals surface area contributed by atoms with Crippen LogP contribution in [0.15, 0.2) is 25.9 Å². The highest BCUT2D eigenvalue weighted by atomic mass is 79.9. The number of hydrogen-bond donors (Lipinski definition) is 1. The molecule has 0 bridgehead atoms. The molecule has 0 aliphatic carbocycles. The number of rotatable bonds is 8. The normalized spacial score (nSPS) is 11.0. The number of aryl methyl sites for hydroxylation is 2. The van der Waals surface area contributed by atoms with Gasteiger partial charge in [0.2, 0.25) is 5.43 Å². The van der Waals surface area contributed by atoms with Gasteiger partial charge in [0.1, 0.15) is 5.56 Å². The van der Waals surface area contributed by atoms with Gasteiger partial charge in [0, 0.05) is 28.1 Å². The van der Waals surface area contributed by atoms with Crippen molar-refractivity contribution in [3.05, 3.63) is 59.4 Å². The Kier molecular flexibility index (Phi) is 8.71. The molecule has 0 aliphatic heterocycles. The average molecular weight is 526 g/mol. The Bertz CT molecular complexity index is 939. The molecule has 0 saturated heterocycles. The van der Waals surface area contributed by atoms with E-state index in [1.807, 2.05) is 26.0 Å². The molecule has 0 unspecified atom stereocenters. The van der Waals surface area contributed by atoms with Crippen molar-refractivity contribution in [2.45, 2.75) is 73.3 Å². The molecular formula is C23H30Br2N2O2. The maximum absolute atomic E-state index is 13.4. The van der Waals surface area contributed by atoms with Gasteiger partial charge in [0.25, 0.3) is 5.91 Å². The van der Waals surface area contributed by atoms with Gasteiger partial charge < -0.3 is 9.88 Å². The van der Waals surface area contributed by atoms with Crippen LogP contribution in [-0.2, 0) is 25.8 Å². The topological polar surface area (TPSA) is 51.1 Å². The number of aromatic nitrogens is 1. The van der Waals surface area contributed by atoms with E-state index in [2.05, 4.69) is 62.5 Å². The summed E-state index contributed by atoms with van der Waals surface area (Å²) in [6, 6.07) is 4.06. The van der Waals surface area contributed by atoms with Crippen LogP contribution < -0.4 is 10.7 Å². The van der Waals surface area contributed by atoms with Crippen molar-refractivity contribution in [3.63, 3.8) is 0 Å². The molecule has 1 N–H and O–H groups in total. The Labute approximate surface area is 190 Å². The number of carbonyl (C=O) groups is 1. The second-order valence-electron chi connectivity index (χ2n) is 7.16. The summed E-state index contributed by atoms with van der Waals surface area (Å²) in [7, 11) is 0. The van der Waals surface area contributed by atoms with Crippen LogP contribution >= 0.6 is 31.9 Å². The molecule has 0 spiro atoms. The van der Waals surface area contributed by atoms with Crippen LogP contribution in [-0.4, -0.2) is 10.5 Å². The second-order valence-corrected chi connectivity index (χ2v) is 8.87. The summed E-state index contributed by atoms with van der Waals surface area (Å²) in [4.78, 5) is 26.5. The number of carbonyl (C=O) groups excluding carboxylic acids is 1. The lowest BCUT2D eigenvalue weighted by atomic mass is 10.0. The number of unbranched alkanes of at least 4 members (excludes halogenated alkanes) is 1. The molecule has 0 radical (unpaired) electrons. The summed E-state index contributed by atoms with van der Waals surface area (Å²) in [6.45, 7) is 10.9. The van der Waals surface area contributed by atoms with Crippen LogP contribution in [0, 0.1) is 6.92 Å². The first-order chi connectivity index (χ1) is 13.8. The highest BCUT2D eigenvalue weighted by Crippen LogP contribution is 2.28. The number of nitrogens with one attached hydrogen (secondary N) is 1. The molecule has 0 atom stereocenters. The minimum atomic E-state index is -0.323. The van der Waals surface area contributed by atoms with E-state index in [-0.39, 0.29) is 16.9 Å². The third kappa shape index (κ3) is 5.02. The average Bonchev–Trinajstić information content (AvgIpc) is 2.71. The van der Waals surface area contributed by atoms with Crippen molar-refractivity contribution in [1.82, 2.24) is 4.57 Å². The number of amides is 1. The number of halogens is 2. The van der Waals surface area contributed by atoms with Crippen molar-refractivity contribution < 1.29 is 4.79 Å². The van der Waals surface area contributed by atoms with Gasteiger partial charge in [-0.1, -0.05) is 43.1 Å². The highest BCUT2D eigenvalue weighted by Gasteiger charge is 2.24. The zero-order valence-electron chi connectivity index (χ0n) is 17.9. The molecule has 1 aromatic heterocycles. The maximum atomic E-state index is 13.4. The Balaban J connectivity index is 2.65. The van der Waals surface area contributed by atoms with Crippen molar-refractivity contribution in [3.8, 4) is 0 Å². The Morgan fingerprint density at radius 3 is 2.14 bits per heavy atom. The minimum absolute atomic E-state index is 0.232. The number of nitrogens with zero attached hydrogens (tertiary/aromatic N) is 1. The van der Waals surface area contributed by atoms with Crippen molar-refractivity contribution in [2.24, 2.45) is 0 Å². The predicted molar refractivity (Wildman–Crippen MR) is 128 cm³/mol. The first kappa shape index (κ1) is 23.9. The predicted octanol–water partition coefficient (Wildman–Crippen LogP) is 6.42. The van der Waals surface area contributed by atoms with Crippen molar-refractivity contribution in [1.29, 1.82) is 0 Å². The number of benzene rings is 1. The summed E-state index contributed by atoms with van der Waals surface area (Å²) in [6.07, 6.45) is 4.22. The molecule has 0 aliphatic rings. The van der Waals surface area contributed by atoms with E-state index >= 15 is 0 Å². The van der Waals surface area contributed by atoms with Gasteiger partial charge in [0.15, 0.2) is 0 Å². The first-order valence-corrected chi connectivity index (χ1v) is 11.9. The van der Waals surface area contributed by atoms with E-state index in [4.69, 9.17) is 0 Å². The fourth-order valence-corrected chi connectivity index (χ4v) is 4.71. The van der Waals surface area contributed by atoms with Crippen molar-refractivity contribution in [2.75, 3.05) is 5.32 Å². The van der Waals surface area contributed by atoms with Crippen LogP contribution in [0.2, 0.25) is 0 Å². The summed E-state index contributed by atoms with van der Waals surface area (Å²) in [5, 5.41) is 3.09. The zero-order valence-corrected chi connectivity index (χ0v) is 21.1. The Hall–Kier alpha value is -1.40. The summed E-state index contributed by atoms with van der Waals surface area (Å²) < 4.78 is 3.55. The number of pyridine rings is 1. The third-order valence-corrected chi connectivity index (χ3v) is 6.73. The Morgan fingerprint density at radius 1 is 1.07 bits per heavy atom. The van der Waals surface area contributed by atoms with Gasteiger partial charge >= 0.3 is 0 Å². The van der Waals surface area contributed by atoms with Crippen molar-refractivity contribution >= 4 is 43.5 Å². The van der Waals surface area contributed by atoms with E-state index in [0.29, 0.717) is 17.4 Å². The molecular weight excluding hydrogens is 496 g/mol. The summed E-state index contributed by atoms with van der Waals surface area (Å²) in [5.74, 6) is -0.323. The van der Waals surface area contributed by atoms with E-state index in [1.165, 1.54) is 0 Å². The molecule has 2 aromatic rings. The second kappa shape index (κ2) is 10.6. The molecule has 158 valence electrons. The minimum Gasteiger partial charge on any atom is -0.347 e. The van der Waals surface area contributed by atoms with Gasteiger partial charge in [-0.15, -0.1) is 0 Å². The monoisotopic (exact) mass is 524 g/mol. The standard InChI is InChI=1S/C23H30Br2N2O2/c1-6-10-11-18-19(22(28)20(25)14(5)27(18)9-4)23(29)26-21-15(7-2)12-17(24)13-16(21)8-3/h12-13H,6-11H2,1-5H3,(H,26,29). The maximum Gasteiger partial charge on any atom is 0.261 e. The Morgan fingerprint density at radius 2 is 1.66 bits per heavy atom. The fraction of sp³-hybridized carbons (Fsp3) is 0.478. The molecule has 4 nitrogen and oxygen atoms in total. The third-order valence-electron chi connectivity index (χ3n) is 5.34. The number of anilines is 1. The van der Waals surface area contributed by atoms with E-state index in [9.17, 15) is 9.59 Å². The first-order valence-electron chi connectivity index (χ1n) is 10.3. The van der Waals surface area contributed by atoms with Crippen LogP contribution in [0.5, 0.6) is 0 Å². The lowest BCUT2D eigenvalue weighted by Crippen LogP contribution is -2.30. The molecule has 6 heteroatoms. The van der Waals surface area contributed by atoms with E-state index in [0.717, 1.165) is 58.4 Å². The lowest BCUT2D eigenvalue weighted by Gasteiger charge is -2.21. The highest BCUT2D eigenvalue weighted by molar-refractivity contribution is 9.10. The van der Waals surface area contributed by atoms with E-state index in [1.54, 1.807) is 0 Å². The fourth-order valence-electron chi connectivity index (χ4n) is 3.75. The van der Waals surface area contributed by atoms with Crippen LogP contribution in [0.3, 0.4) is 0 Å². The van der Waals surface area contributed by atoms with Gasteiger partial charge in [-0.25, -0.2) is 0 Å². The molecule has 1 aromatic carbocycles.